The van der Waals surface area contributed by atoms with Gasteiger partial charge >= 0.3 is 6.18 Å². The summed E-state index contributed by atoms with van der Waals surface area (Å²) >= 11 is 0. The van der Waals surface area contributed by atoms with Crippen molar-refractivity contribution in [3.05, 3.63) is 23.3 Å². The molecule has 0 aliphatic heterocycles. The molecule has 0 amide bonds. The molecule has 0 bridgehead atoms. The Labute approximate surface area is 141 Å². The van der Waals surface area contributed by atoms with Gasteiger partial charge in [0.1, 0.15) is 17.3 Å². The summed E-state index contributed by atoms with van der Waals surface area (Å²) in [6.07, 6.45) is -7.83. The number of halogens is 3. The summed E-state index contributed by atoms with van der Waals surface area (Å²) in [6.45, 7) is 2.02. The Kier molecular flexibility index (Phi) is 7.03. The fourth-order valence-corrected chi connectivity index (χ4v) is 2.61. The summed E-state index contributed by atoms with van der Waals surface area (Å²) in [5.74, 6) is -1.54. The van der Waals surface area contributed by atoms with E-state index in [0.717, 1.165) is 0 Å². The molecule has 0 saturated carbocycles. The van der Waals surface area contributed by atoms with Crippen LogP contribution in [0.25, 0.3) is 0 Å². The van der Waals surface area contributed by atoms with Gasteiger partial charge in [0, 0.05) is 0 Å². The highest BCUT2D eigenvalue weighted by molar-refractivity contribution is 7.85. The molecule has 0 aliphatic rings. The van der Waals surface area contributed by atoms with Gasteiger partial charge in [-0.3, -0.25) is 4.55 Å². The van der Waals surface area contributed by atoms with E-state index in [1.807, 2.05) is 0 Å². The van der Waals surface area contributed by atoms with Gasteiger partial charge in [0.2, 0.25) is 6.10 Å². The van der Waals surface area contributed by atoms with Gasteiger partial charge < -0.3 is 9.47 Å². The van der Waals surface area contributed by atoms with Gasteiger partial charge in [0.25, 0.3) is 10.1 Å². The SMILES string of the molecule is [B]Cc1cc(OC(CS(=O)(=O)O)C(F)(F)F)cc(C[B])c1OCC. The average molecular weight is 362 g/mol. The lowest BCUT2D eigenvalue weighted by atomic mass is 9.89. The van der Waals surface area contributed by atoms with E-state index in [2.05, 4.69) is 0 Å². The first-order valence-corrected chi connectivity index (χ1v) is 8.50. The van der Waals surface area contributed by atoms with Gasteiger partial charge in [-0.2, -0.15) is 21.6 Å². The minimum Gasteiger partial charge on any atom is -0.493 e. The zero-order valence-electron chi connectivity index (χ0n) is 12.8. The Bertz CT molecular complexity index is 639. The molecular weight excluding hydrogens is 347 g/mol. The Balaban J connectivity index is 3.24. The van der Waals surface area contributed by atoms with Gasteiger partial charge in [-0.15, -0.1) is 0 Å². The molecule has 1 rings (SSSR count). The van der Waals surface area contributed by atoms with E-state index in [4.69, 9.17) is 29.7 Å². The van der Waals surface area contributed by atoms with Crippen LogP contribution in [0, 0.1) is 0 Å². The van der Waals surface area contributed by atoms with E-state index >= 15 is 0 Å². The molecule has 1 aromatic carbocycles. The van der Waals surface area contributed by atoms with Crippen LogP contribution in [0.2, 0.25) is 0 Å². The summed E-state index contributed by atoms with van der Waals surface area (Å²) in [5, 5.41) is 0. The molecule has 0 aromatic heterocycles. The third-order valence-corrected chi connectivity index (χ3v) is 3.67. The molecule has 11 heteroatoms. The van der Waals surface area contributed by atoms with Crippen molar-refractivity contribution in [1.82, 2.24) is 0 Å². The molecule has 4 radical (unpaired) electrons. The second-order valence-electron chi connectivity index (χ2n) is 4.81. The monoisotopic (exact) mass is 362 g/mol. The number of alkyl halides is 3. The smallest absolute Gasteiger partial charge is 0.426 e. The molecule has 1 unspecified atom stereocenters. The minimum absolute atomic E-state index is 0.0471. The Morgan fingerprint density at radius 2 is 1.71 bits per heavy atom. The quantitative estimate of drug-likeness (QED) is 0.562. The fraction of sp³-hybridized carbons (Fsp3) is 0.538. The number of rotatable bonds is 8. The molecule has 0 spiro atoms. The highest BCUT2D eigenvalue weighted by atomic mass is 32.2. The molecule has 1 aromatic rings. The summed E-state index contributed by atoms with van der Waals surface area (Å²) in [5.41, 5.74) is 0.727. The summed E-state index contributed by atoms with van der Waals surface area (Å²) in [4.78, 5) is 0. The van der Waals surface area contributed by atoms with Crippen LogP contribution >= 0.6 is 0 Å². The first-order valence-electron chi connectivity index (χ1n) is 6.89. The van der Waals surface area contributed by atoms with Gasteiger partial charge in [-0.05, 0) is 30.2 Å². The second-order valence-corrected chi connectivity index (χ2v) is 6.31. The van der Waals surface area contributed by atoms with Gasteiger partial charge in [0.15, 0.2) is 0 Å². The maximum absolute atomic E-state index is 12.9. The molecule has 0 fully saturated rings. The van der Waals surface area contributed by atoms with Crippen LogP contribution in [0.3, 0.4) is 0 Å². The largest absolute Gasteiger partial charge is 0.493 e. The first kappa shape index (κ1) is 20.7. The van der Waals surface area contributed by atoms with Gasteiger partial charge in [-0.1, -0.05) is 12.6 Å². The van der Waals surface area contributed by atoms with Crippen LogP contribution in [-0.4, -0.2) is 53.3 Å². The third kappa shape index (κ3) is 5.94. The number of ether oxygens (including phenoxy) is 2. The summed E-state index contributed by atoms with van der Waals surface area (Å²) < 4.78 is 79.1. The van der Waals surface area contributed by atoms with E-state index in [9.17, 15) is 21.6 Å². The van der Waals surface area contributed by atoms with Crippen molar-refractivity contribution in [1.29, 1.82) is 0 Å². The molecule has 0 heterocycles. The average Bonchev–Trinajstić information content (AvgIpc) is 2.45. The van der Waals surface area contributed by atoms with Gasteiger partial charge in [0.05, 0.1) is 22.3 Å². The number of hydrogen-bond donors (Lipinski definition) is 1. The lowest BCUT2D eigenvalue weighted by molar-refractivity contribution is -0.188. The topological polar surface area (TPSA) is 72.8 Å². The van der Waals surface area contributed by atoms with Crippen molar-refractivity contribution in [2.75, 3.05) is 12.4 Å². The van der Waals surface area contributed by atoms with Crippen LogP contribution in [-0.2, 0) is 22.8 Å². The zero-order chi connectivity index (χ0) is 18.5. The van der Waals surface area contributed by atoms with Crippen LogP contribution in [0.4, 0.5) is 13.2 Å². The third-order valence-electron chi connectivity index (χ3n) is 2.95. The Hall–Kier alpha value is -1.35. The number of hydrogen-bond acceptors (Lipinski definition) is 4. The van der Waals surface area contributed by atoms with Crippen LogP contribution in [0.5, 0.6) is 11.5 Å². The van der Waals surface area contributed by atoms with Crippen molar-refractivity contribution in [2.24, 2.45) is 0 Å². The first-order chi connectivity index (χ1) is 11.0. The van der Waals surface area contributed by atoms with Crippen LogP contribution in [0.1, 0.15) is 18.1 Å². The predicted molar refractivity (Wildman–Crippen MR) is 83.4 cm³/mol. The lowest BCUT2D eigenvalue weighted by Gasteiger charge is -2.22. The zero-order valence-corrected chi connectivity index (χ0v) is 13.7. The standard InChI is InChI=1S/C13H15B2F3O5S/c1-2-22-12-8(5-14)3-10(4-9(12)6-15)23-11(13(16,17)18)7-24(19,20)21/h3-4,11H,2,5-7H2,1H3,(H,19,20,21). The normalized spacial score (nSPS) is 13.5. The van der Waals surface area contributed by atoms with Crippen molar-refractivity contribution >= 4 is 25.8 Å². The summed E-state index contributed by atoms with van der Waals surface area (Å²) in [6, 6.07) is 2.43. The fourth-order valence-electron chi connectivity index (χ4n) is 1.97. The van der Waals surface area contributed by atoms with Crippen molar-refractivity contribution in [3.63, 3.8) is 0 Å². The Morgan fingerprint density at radius 1 is 1.21 bits per heavy atom. The maximum atomic E-state index is 12.9. The molecule has 0 aliphatic carbocycles. The highest BCUT2D eigenvalue weighted by Crippen LogP contribution is 2.33. The lowest BCUT2D eigenvalue weighted by Crippen LogP contribution is -2.40. The molecule has 130 valence electrons. The second kappa shape index (κ2) is 8.15. The molecule has 1 atom stereocenters. The van der Waals surface area contributed by atoms with Gasteiger partial charge in [-0.25, -0.2) is 0 Å². The molecule has 1 N–H and O–H groups in total. The van der Waals surface area contributed by atoms with Crippen molar-refractivity contribution < 1.29 is 35.6 Å². The minimum atomic E-state index is -5.00. The predicted octanol–water partition coefficient (Wildman–Crippen LogP) is 1.62. The Morgan fingerprint density at radius 3 is 2.04 bits per heavy atom. The van der Waals surface area contributed by atoms with E-state index in [-0.39, 0.29) is 18.4 Å². The molecule has 24 heavy (non-hydrogen) atoms. The van der Waals surface area contributed by atoms with Crippen molar-refractivity contribution in [3.8, 4) is 11.5 Å². The van der Waals surface area contributed by atoms with E-state index < -0.39 is 28.2 Å². The number of benzene rings is 1. The van der Waals surface area contributed by atoms with E-state index in [1.54, 1.807) is 6.92 Å². The van der Waals surface area contributed by atoms with E-state index in [0.29, 0.717) is 23.5 Å². The van der Waals surface area contributed by atoms with Crippen molar-refractivity contribution in [2.45, 2.75) is 31.8 Å². The molecular formula is C13H15B2F3O5S. The van der Waals surface area contributed by atoms with E-state index in [1.165, 1.54) is 12.1 Å². The molecule has 5 nitrogen and oxygen atoms in total. The highest BCUT2D eigenvalue weighted by Gasteiger charge is 2.44. The molecule has 0 saturated heterocycles. The van der Waals surface area contributed by atoms with Crippen LogP contribution in [0.15, 0.2) is 12.1 Å². The summed E-state index contributed by atoms with van der Waals surface area (Å²) in [7, 11) is 6.22. The maximum Gasteiger partial charge on any atom is 0.426 e. The van der Waals surface area contributed by atoms with Crippen LogP contribution < -0.4 is 9.47 Å².